The third kappa shape index (κ3) is 3.23. The molecule has 0 unspecified atom stereocenters. The van der Waals surface area contributed by atoms with Crippen molar-refractivity contribution in [2.24, 2.45) is 0 Å². The van der Waals surface area contributed by atoms with E-state index in [-0.39, 0.29) is 0 Å². The summed E-state index contributed by atoms with van der Waals surface area (Å²) in [6.45, 7) is 1.96. The third-order valence-corrected chi connectivity index (χ3v) is 5.23. The zero-order chi connectivity index (χ0) is 14.8. The average Bonchev–Trinajstić information content (AvgIpc) is 3.07. The summed E-state index contributed by atoms with van der Waals surface area (Å²) < 4.78 is 5.29. The Morgan fingerprint density at radius 3 is 2.76 bits per heavy atom. The summed E-state index contributed by atoms with van der Waals surface area (Å²) in [7, 11) is 0. The summed E-state index contributed by atoms with van der Waals surface area (Å²) in [5.74, 6) is 1.77. The topological polar surface area (TPSA) is 64.9 Å². The van der Waals surface area contributed by atoms with Crippen LogP contribution < -0.4 is 5.73 Å². The predicted octanol–water partition coefficient (Wildman–Crippen LogP) is 4.63. The molecular weight excluding hydrogens is 326 g/mol. The maximum Gasteiger partial charge on any atom is 0.270 e. The minimum absolute atomic E-state index is 0.484. The average molecular weight is 338 g/mol. The van der Waals surface area contributed by atoms with E-state index >= 15 is 0 Å². The lowest BCUT2D eigenvalue weighted by Crippen LogP contribution is -1.88. The first kappa shape index (κ1) is 14.4. The number of aromatic nitrogens is 2. The zero-order valence-corrected chi connectivity index (χ0v) is 13.6. The van der Waals surface area contributed by atoms with E-state index in [1.165, 1.54) is 11.3 Å². The van der Waals surface area contributed by atoms with Crippen LogP contribution in [0, 0.1) is 6.92 Å². The molecule has 4 nitrogen and oxygen atoms in total. The Labute approximate surface area is 135 Å². The Hall–Kier alpha value is -1.50. The number of thioether (sulfide) groups is 1. The number of hydrogen-bond acceptors (Lipinski definition) is 6. The fraction of sp³-hybridized carbons (Fsp3) is 0.143. The molecule has 0 aliphatic rings. The molecule has 1 aromatic carbocycles. The maximum atomic E-state index is 5.99. The highest BCUT2D eigenvalue weighted by Gasteiger charge is 2.15. The highest BCUT2D eigenvalue weighted by molar-refractivity contribution is 7.98. The second-order valence-corrected chi connectivity index (χ2v) is 6.78. The van der Waals surface area contributed by atoms with Crippen molar-refractivity contribution in [3.05, 3.63) is 46.1 Å². The summed E-state index contributed by atoms with van der Waals surface area (Å²) in [5, 5.41) is 6.70. The second-order valence-electron chi connectivity index (χ2n) is 4.42. The summed E-state index contributed by atoms with van der Waals surface area (Å²) in [5.41, 5.74) is 7.73. The van der Waals surface area contributed by atoms with Crippen LogP contribution >= 0.6 is 34.7 Å². The van der Waals surface area contributed by atoms with Crippen LogP contribution in [0.3, 0.4) is 0 Å². The molecule has 0 amide bonds. The fourth-order valence-electron chi connectivity index (χ4n) is 1.70. The number of anilines is 1. The Morgan fingerprint density at radius 2 is 2.10 bits per heavy atom. The van der Waals surface area contributed by atoms with Crippen LogP contribution in [-0.4, -0.2) is 10.1 Å². The molecule has 0 aliphatic carbocycles. The molecule has 0 spiro atoms. The van der Waals surface area contributed by atoms with Crippen molar-refractivity contribution in [3.63, 3.8) is 0 Å². The van der Waals surface area contributed by atoms with Gasteiger partial charge in [0.25, 0.3) is 5.89 Å². The van der Waals surface area contributed by atoms with E-state index in [0.717, 1.165) is 20.4 Å². The van der Waals surface area contributed by atoms with E-state index in [0.29, 0.717) is 23.2 Å². The number of rotatable bonds is 4. The van der Waals surface area contributed by atoms with Gasteiger partial charge in [-0.3, -0.25) is 0 Å². The standard InChI is InChI=1S/C14H12ClN3OS2/c1-8-6-21-13(12(8)16)14-17-11(18-19-14)7-20-10-4-2-9(15)3-5-10/h2-6H,7,16H2,1H3. The van der Waals surface area contributed by atoms with E-state index in [1.807, 2.05) is 36.6 Å². The maximum absolute atomic E-state index is 5.99. The minimum atomic E-state index is 0.484. The molecule has 0 aliphatic heterocycles. The van der Waals surface area contributed by atoms with Gasteiger partial charge in [0.2, 0.25) is 0 Å². The lowest BCUT2D eigenvalue weighted by atomic mass is 10.3. The molecule has 0 bridgehead atoms. The van der Waals surface area contributed by atoms with Gasteiger partial charge in [0, 0.05) is 9.92 Å². The van der Waals surface area contributed by atoms with Crippen LogP contribution in [0.2, 0.25) is 5.02 Å². The molecule has 3 aromatic rings. The van der Waals surface area contributed by atoms with Crippen LogP contribution in [0.5, 0.6) is 0 Å². The van der Waals surface area contributed by atoms with Crippen molar-refractivity contribution < 1.29 is 4.52 Å². The second kappa shape index (κ2) is 6.09. The van der Waals surface area contributed by atoms with Crippen molar-refractivity contribution in [1.29, 1.82) is 0 Å². The van der Waals surface area contributed by atoms with Gasteiger partial charge in [0.05, 0.1) is 11.4 Å². The minimum Gasteiger partial charge on any atom is -0.397 e. The fourth-order valence-corrected chi connectivity index (χ4v) is 3.46. The van der Waals surface area contributed by atoms with Gasteiger partial charge < -0.3 is 10.3 Å². The first-order chi connectivity index (χ1) is 10.1. The molecule has 7 heteroatoms. The molecule has 108 valence electrons. The first-order valence-corrected chi connectivity index (χ1v) is 8.42. The van der Waals surface area contributed by atoms with E-state index in [2.05, 4.69) is 10.1 Å². The van der Waals surface area contributed by atoms with E-state index in [4.69, 9.17) is 21.9 Å². The molecule has 2 aromatic heterocycles. The number of thiophene rings is 1. The number of nitrogen functional groups attached to an aromatic ring is 1. The molecule has 3 rings (SSSR count). The number of halogens is 1. The normalized spacial score (nSPS) is 11.0. The number of hydrogen-bond donors (Lipinski definition) is 1. The van der Waals surface area contributed by atoms with Crippen LogP contribution in [0.25, 0.3) is 10.8 Å². The Balaban J connectivity index is 1.70. The molecule has 0 radical (unpaired) electrons. The van der Waals surface area contributed by atoms with Crippen LogP contribution in [-0.2, 0) is 5.75 Å². The van der Waals surface area contributed by atoms with E-state index in [1.54, 1.807) is 11.8 Å². The number of aryl methyl sites for hydroxylation is 1. The molecular formula is C14H12ClN3OS2. The van der Waals surface area contributed by atoms with Crippen molar-refractivity contribution in [1.82, 2.24) is 10.1 Å². The number of benzene rings is 1. The van der Waals surface area contributed by atoms with Gasteiger partial charge in [-0.05, 0) is 42.1 Å². The molecule has 0 saturated carbocycles. The highest BCUT2D eigenvalue weighted by Crippen LogP contribution is 2.34. The van der Waals surface area contributed by atoms with E-state index < -0.39 is 0 Å². The van der Waals surface area contributed by atoms with Gasteiger partial charge >= 0.3 is 0 Å². The smallest absolute Gasteiger partial charge is 0.270 e. The summed E-state index contributed by atoms with van der Waals surface area (Å²) in [6.07, 6.45) is 0. The lowest BCUT2D eigenvalue weighted by molar-refractivity contribution is 0.426. The quantitative estimate of drug-likeness (QED) is 0.703. The number of nitrogens with two attached hydrogens (primary N) is 1. The zero-order valence-electron chi connectivity index (χ0n) is 11.2. The number of nitrogens with zero attached hydrogens (tertiary/aromatic N) is 2. The summed E-state index contributed by atoms with van der Waals surface area (Å²) >= 11 is 9.00. The van der Waals surface area contributed by atoms with Crippen LogP contribution in [0.1, 0.15) is 11.4 Å². The molecule has 21 heavy (non-hydrogen) atoms. The Kier molecular flexibility index (Phi) is 4.19. The monoisotopic (exact) mass is 337 g/mol. The van der Waals surface area contributed by atoms with Gasteiger partial charge in [-0.2, -0.15) is 4.98 Å². The van der Waals surface area contributed by atoms with Crippen molar-refractivity contribution in [2.45, 2.75) is 17.6 Å². The van der Waals surface area contributed by atoms with Gasteiger partial charge in [0.15, 0.2) is 5.82 Å². The summed E-state index contributed by atoms with van der Waals surface area (Å²) in [6, 6.07) is 7.66. The molecule has 2 heterocycles. The third-order valence-electron chi connectivity index (χ3n) is 2.87. The Bertz CT molecular complexity index is 752. The highest BCUT2D eigenvalue weighted by atomic mass is 35.5. The molecule has 0 saturated heterocycles. The van der Waals surface area contributed by atoms with Gasteiger partial charge in [-0.1, -0.05) is 16.8 Å². The van der Waals surface area contributed by atoms with Crippen molar-refractivity contribution in [2.75, 3.05) is 5.73 Å². The van der Waals surface area contributed by atoms with E-state index in [9.17, 15) is 0 Å². The molecule has 2 N–H and O–H groups in total. The largest absolute Gasteiger partial charge is 0.397 e. The molecule has 0 fully saturated rings. The van der Waals surface area contributed by atoms with Crippen LogP contribution in [0.4, 0.5) is 5.69 Å². The predicted molar refractivity (Wildman–Crippen MR) is 87.8 cm³/mol. The SMILES string of the molecule is Cc1csc(-c2nc(CSc3ccc(Cl)cc3)no2)c1N. The lowest BCUT2D eigenvalue weighted by Gasteiger charge is -1.97. The van der Waals surface area contributed by atoms with Gasteiger partial charge in [-0.25, -0.2) is 0 Å². The van der Waals surface area contributed by atoms with Crippen LogP contribution in [0.15, 0.2) is 39.1 Å². The van der Waals surface area contributed by atoms with Crippen molar-refractivity contribution >= 4 is 40.4 Å². The summed E-state index contributed by atoms with van der Waals surface area (Å²) in [4.78, 5) is 6.34. The Morgan fingerprint density at radius 1 is 1.33 bits per heavy atom. The van der Waals surface area contributed by atoms with Gasteiger partial charge in [-0.15, -0.1) is 23.1 Å². The first-order valence-electron chi connectivity index (χ1n) is 6.18. The molecule has 0 atom stereocenters. The van der Waals surface area contributed by atoms with Gasteiger partial charge in [0.1, 0.15) is 4.88 Å². The van der Waals surface area contributed by atoms with Crippen molar-refractivity contribution in [3.8, 4) is 10.8 Å².